The van der Waals surface area contributed by atoms with E-state index >= 15 is 0 Å². The number of halogens is 1. The Labute approximate surface area is 159 Å². The summed E-state index contributed by atoms with van der Waals surface area (Å²) in [7, 11) is 0. The monoisotopic (exact) mass is 387 g/mol. The molecule has 0 aliphatic carbocycles. The Kier molecular flexibility index (Phi) is 5.97. The molecule has 1 amide bonds. The first-order valence-electron chi connectivity index (χ1n) is 8.31. The van der Waals surface area contributed by atoms with E-state index in [0.29, 0.717) is 24.7 Å². The fourth-order valence-electron chi connectivity index (χ4n) is 2.38. The van der Waals surface area contributed by atoms with Crippen LogP contribution in [0, 0.1) is 12.7 Å². The first-order chi connectivity index (χ1) is 13.0. The van der Waals surface area contributed by atoms with Gasteiger partial charge in [0, 0.05) is 42.8 Å². The second kappa shape index (κ2) is 8.59. The number of aryl methyl sites for hydroxylation is 1. The molecule has 27 heavy (non-hydrogen) atoms. The molecule has 0 unspecified atom stereocenters. The lowest BCUT2D eigenvalue weighted by Gasteiger charge is -2.08. The van der Waals surface area contributed by atoms with Gasteiger partial charge in [-0.15, -0.1) is 0 Å². The van der Waals surface area contributed by atoms with Crippen LogP contribution in [0.5, 0.6) is 11.6 Å². The summed E-state index contributed by atoms with van der Waals surface area (Å²) in [5.41, 5.74) is 1.68. The number of carbonyl (C=O) groups excluding carboxylic acids is 1. The van der Waals surface area contributed by atoms with Crippen molar-refractivity contribution in [2.45, 2.75) is 26.4 Å². The third-order valence-electron chi connectivity index (χ3n) is 3.86. The second-order valence-electron chi connectivity index (χ2n) is 5.88. The molecule has 0 atom stereocenters. The Morgan fingerprint density at radius 3 is 2.67 bits per heavy atom. The number of amides is 1. The maximum absolute atomic E-state index is 12.9. The molecule has 6 nitrogen and oxygen atoms in total. The summed E-state index contributed by atoms with van der Waals surface area (Å²) in [5.74, 6) is 0.396. The number of rotatable bonds is 7. The molecule has 3 rings (SSSR count). The average molecular weight is 387 g/mol. The van der Waals surface area contributed by atoms with Gasteiger partial charge in [0.1, 0.15) is 11.6 Å². The molecule has 0 saturated carbocycles. The van der Waals surface area contributed by atoms with E-state index in [9.17, 15) is 14.0 Å². The van der Waals surface area contributed by atoms with Gasteiger partial charge in [0.05, 0.1) is 0 Å². The highest BCUT2D eigenvalue weighted by Crippen LogP contribution is 2.19. The van der Waals surface area contributed by atoms with E-state index in [0.717, 1.165) is 22.6 Å². The standard InChI is InChI=1S/C19H18FN3O3S/c1-13-12-27-19(25)23(13)9-8-17(24)21-10-14-2-7-18(22-11-14)26-16-5-3-15(20)4-6-16/h2-7,11-12H,8-10H2,1H3,(H,21,24). The predicted octanol–water partition coefficient (Wildman–Crippen LogP) is 3.25. The second-order valence-corrected chi connectivity index (χ2v) is 6.70. The van der Waals surface area contributed by atoms with Crippen LogP contribution in [0.3, 0.4) is 0 Å². The summed E-state index contributed by atoms with van der Waals surface area (Å²) in [5, 5.41) is 4.58. The number of nitrogens with zero attached hydrogens (tertiary/aromatic N) is 2. The fraction of sp³-hybridized carbons (Fsp3) is 0.211. The highest BCUT2D eigenvalue weighted by molar-refractivity contribution is 7.07. The summed E-state index contributed by atoms with van der Waals surface area (Å²) in [6.45, 7) is 2.54. The van der Waals surface area contributed by atoms with Gasteiger partial charge in [-0.1, -0.05) is 17.4 Å². The zero-order valence-electron chi connectivity index (χ0n) is 14.6. The number of carbonyl (C=O) groups is 1. The number of thiazole rings is 1. The number of hydrogen-bond acceptors (Lipinski definition) is 5. The van der Waals surface area contributed by atoms with Crippen molar-refractivity contribution in [3.05, 3.63) is 74.7 Å². The van der Waals surface area contributed by atoms with Crippen molar-refractivity contribution >= 4 is 17.2 Å². The smallest absolute Gasteiger partial charge is 0.307 e. The van der Waals surface area contributed by atoms with Gasteiger partial charge in [-0.05, 0) is 36.8 Å². The van der Waals surface area contributed by atoms with Gasteiger partial charge in [0.25, 0.3) is 0 Å². The van der Waals surface area contributed by atoms with Crippen LogP contribution >= 0.6 is 11.3 Å². The minimum Gasteiger partial charge on any atom is -0.439 e. The molecule has 8 heteroatoms. The molecule has 0 radical (unpaired) electrons. The Bertz CT molecular complexity index is 965. The quantitative estimate of drug-likeness (QED) is 0.675. The van der Waals surface area contributed by atoms with Gasteiger partial charge in [0.15, 0.2) is 0 Å². The maximum atomic E-state index is 12.9. The van der Waals surface area contributed by atoms with Crippen molar-refractivity contribution in [2.24, 2.45) is 0 Å². The van der Waals surface area contributed by atoms with Crippen LogP contribution in [0.4, 0.5) is 4.39 Å². The number of ether oxygens (including phenoxy) is 1. The predicted molar refractivity (Wildman–Crippen MR) is 100 cm³/mol. The Morgan fingerprint density at radius 2 is 2.04 bits per heavy atom. The molecule has 0 spiro atoms. The van der Waals surface area contributed by atoms with Gasteiger partial charge < -0.3 is 14.6 Å². The molecule has 1 aromatic carbocycles. The minimum atomic E-state index is -0.333. The number of benzene rings is 1. The van der Waals surface area contributed by atoms with Gasteiger partial charge in [0.2, 0.25) is 11.8 Å². The topological polar surface area (TPSA) is 73.2 Å². The number of hydrogen-bond donors (Lipinski definition) is 1. The number of pyridine rings is 1. The maximum Gasteiger partial charge on any atom is 0.307 e. The van der Waals surface area contributed by atoms with Crippen molar-refractivity contribution in [1.82, 2.24) is 14.9 Å². The van der Waals surface area contributed by atoms with E-state index in [4.69, 9.17) is 4.74 Å². The Hall–Kier alpha value is -3.00. The van der Waals surface area contributed by atoms with Crippen LogP contribution < -0.4 is 14.9 Å². The summed E-state index contributed by atoms with van der Waals surface area (Å²) >= 11 is 1.13. The van der Waals surface area contributed by atoms with Gasteiger partial charge >= 0.3 is 4.87 Å². The van der Waals surface area contributed by atoms with Crippen LogP contribution in [-0.2, 0) is 17.9 Å². The number of nitrogens with one attached hydrogen (secondary N) is 1. The first-order valence-corrected chi connectivity index (χ1v) is 9.19. The normalized spacial score (nSPS) is 10.6. The molecule has 2 heterocycles. The zero-order chi connectivity index (χ0) is 19.2. The van der Waals surface area contributed by atoms with Gasteiger partial charge in [-0.3, -0.25) is 9.59 Å². The van der Waals surface area contributed by atoms with Crippen molar-refractivity contribution in [3.63, 3.8) is 0 Å². The molecule has 3 aromatic rings. The third-order valence-corrected chi connectivity index (χ3v) is 4.74. The molecule has 1 N–H and O–H groups in total. The molecule has 0 saturated heterocycles. The van der Waals surface area contributed by atoms with Crippen molar-refractivity contribution in [2.75, 3.05) is 0 Å². The van der Waals surface area contributed by atoms with E-state index < -0.39 is 0 Å². The summed E-state index contributed by atoms with van der Waals surface area (Å²) in [4.78, 5) is 27.7. The fourth-order valence-corrected chi connectivity index (χ4v) is 3.14. The van der Waals surface area contributed by atoms with Gasteiger partial charge in [-0.2, -0.15) is 0 Å². The summed E-state index contributed by atoms with van der Waals surface area (Å²) < 4.78 is 20.0. The lowest BCUT2D eigenvalue weighted by Crippen LogP contribution is -2.26. The molecular weight excluding hydrogens is 369 g/mol. The average Bonchev–Trinajstić information content (AvgIpc) is 2.99. The lowest BCUT2D eigenvalue weighted by molar-refractivity contribution is -0.121. The van der Waals surface area contributed by atoms with E-state index in [1.165, 1.54) is 24.3 Å². The highest BCUT2D eigenvalue weighted by Gasteiger charge is 2.07. The van der Waals surface area contributed by atoms with E-state index in [-0.39, 0.29) is 23.0 Å². The van der Waals surface area contributed by atoms with Gasteiger partial charge in [-0.25, -0.2) is 9.37 Å². The molecule has 2 aromatic heterocycles. The summed E-state index contributed by atoms with van der Waals surface area (Å²) in [6, 6.07) is 9.13. The molecule has 140 valence electrons. The number of aromatic nitrogens is 2. The minimum absolute atomic E-state index is 0.0544. The third kappa shape index (κ3) is 5.24. The Balaban J connectivity index is 1.47. The van der Waals surface area contributed by atoms with Crippen LogP contribution in [0.1, 0.15) is 17.7 Å². The van der Waals surface area contributed by atoms with Crippen LogP contribution in [0.2, 0.25) is 0 Å². The molecule has 0 fully saturated rings. The lowest BCUT2D eigenvalue weighted by atomic mass is 10.2. The van der Waals surface area contributed by atoms with Crippen LogP contribution in [0.25, 0.3) is 0 Å². The Morgan fingerprint density at radius 1 is 1.26 bits per heavy atom. The zero-order valence-corrected chi connectivity index (χ0v) is 15.5. The van der Waals surface area contributed by atoms with E-state index in [1.807, 2.05) is 6.92 Å². The van der Waals surface area contributed by atoms with Crippen molar-refractivity contribution in [1.29, 1.82) is 0 Å². The van der Waals surface area contributed by atoms with Crippen LogP contribution in [0.15, 0.2) is 52.8 Å². The van der Waals surface area contributed by atoms with Crippen molar-refractivity contribution < 1.29 is 13.9 Å². The molecule has 0 bridgehead atoms. The molecule has 0 aliphatic heterocycles. The van der Waals surface area contributed by atoms with Crippen molar-refractivity contribution in [3.8, 4) is 11.6 Å². The SMILES string of the molecule is Cc1csc(=O)n1CCC(=O)NCc1ccc(Oc2ccc(F)cc2)nc1. The highest BCUT2D eigenvalue weighted by atomic mass is 32.1. The van der Waals surface area contributed by atoms with E-state index in [2.05, 4.69) is 10.3 Å². The summed E-state index contributed by atoms with van der Waals surface area (Å²) in [6.07, 6.45) is 1.84. The largest absolute Gasteiger partial charge is 0.439 e. The molecule has 0 aliphatic rings. The first kappa shape index (κ1) is 18.8. The van der Waals surface area contributed by atoms with Crippen LogP contribution in [-0.4, -0.2) is 15.5 Å². The molecular formula is C19H18FN3O3S. The van der Waals surface area contributed by atoms with E-state index in [1.54, 1.807) is 28.3 Å².